The maximum Gasteiger partial charge on any atom is 0.251 e. The fourth-order valence-corrected chi connectivity index (χ4v) is 3.99. The second-order valence-corrected chi connectivity index (χ2v) is 8.20. The zero-order chi connectivity index (χ0) is 19.2. The Bertz CT molecular complexity index is 756. The summed E-state index contributed by atoms with van der Waals surface area (Å²) in [6.07, 6.45) is 1.46. The van der Waals surface area contributed by atoms with Gasteiger partial charge >= 0.3 is 0 Å². The number of aromatic nitrogens is 1. The van der Waals surface area contributed by atoms with Crippen molar-refractivity contribution in [1.82, 2.24) is 9.80 Å². The van der Waals surface area contributed by atoms with Crippen LogP contribution in [0.25, 0.3) is 0 Å². The van der Waals surface area contributed by atoms with E-state index in [4.69, 9.17) is 0 Å². The lowest BCUT2D eigenvalue weighted by atomic mass is 10.0. The number of carbonyl (C=O) groups excluding carboxylic acids is 1. The van der Waals surface area contributed by atoms with Crippen LogP contribution >= 0.6 is 11.8 Å². The third kappa shape index (κ3) is 5.47. The number of rotatable bonds is 6. The van der Waals surface area contributed by atoms with E-state index in [1.165, 1.54) is 29.1 Å². The molecule has 0 unspecified atom stereocenters. The molecular weight excluding hydrogens is 358 g/mol. The highest BCUT2D eigenvalue weighted by molar-refractivity contribution is 7.99. The van der Waals surface area contributed by atoms with Gasteiger partial charge in [0, 0.05) is 44.9 Å². The van der Waals surface area contributed by atoms with Crippen LogP contribution in [0.3, 0.4) is 0 Å². The Balaban J connectivity index is 1.44. The third-order valence-corrected chi connectivity index (χ3v) is 5.91. The van der Waals surface area contributed by atoms with Crippen molar-refractivity contribution in [2.75, 3.05) is 31.9 Å². The Kier molecular flexibility index (Phi) is 6.74. The Labute approximate surface area is 165 Å². The van der Waals surface area contributed by atoms with E-state index in [9.17, 15) is 10.0 Å². The van der Waals surface area contributed by atoms with Crippen LogP contribution in [-0.2, 0) is 11.3 Å². The van der Waals surface area contributed by atoms with Crippen LogP contribution in [-0.4, -0.2) is 47.6 Å². The average Bonchev–Trinajstić information content (AvgIpc) is 2.68. The molecule has 1 aliphatic rings. The molecule has 1 fully saturated rings. The molecule has 0 bridgehead atoms. The average molecular weight is 386 g/mol. The molecular formula is C21H27N3O2S. The number of hydrogen-bond acceptors (Lipinski definition) is 4. The van der Waals surface area contributed by atoms with E-state index >= 15 is 0 Å². The molecule has 0 atom stereocenters. The minimum atomic E-state index is 0.102. The Morgan fingerprint density at radius 3 is 2.44 bits per heavy atom. The number of carbonyl (C=O) groups is 1. The lowest BCUT2D eigenvalue weighted by molar-refractivity contribution is -0.645. The van der Waals surface area contributed by atoms with Crippen molar-refractivity contribution in [3.05, 3.63) is 65.0 Å². The molecule has 0 saturated carbocycles. The van der Waals surface area contributed by atoms with Crippen molar-refractivity contribution >= 4 is 17.7 Å². The highest BCUT2D eigenvalue weighted by atomic mass is 32.2. The van der Waals surface area contributed by atoms with Crippen molar-refractivity contribution in [2.45, 2.75) is 31.3 Å². The molecule has 0 spiro atoms. The topological polar surface area (TPSA) is 50.5 Å². The minimum absolute atomic E-state index is 0.102. The Hall–Kier alpha value is -2.05. The molecule has 0 N–H and O–H groups in total. The van der Waals surface area contributed by atoms with E-state index in [1.54, 1.807) is 12.1 Å². The predicted octanol–water partition coefficient (Wildman–Crippen LogP) is 2.88. The fourth-order valence-electron chi connectivity index (χ4n) is 3.17. The summed E-state index contributed by atoms with van der Waals surface area (Å²) in [5.41, 5.74) is 2.68. The van der Waals surface area contributed by atoms with Crippen molar-refractivity contribution in [2.24, 2.45) is 0 Å². The van der Waals surface area contributed by atoms with Gasteiger partial charge in [-0.1, -0.05) is 38.1 Å². The molecule has 1 saturated heterocycles. The number of thioether (sulfide) groups is 1. The van der Waals surface area contributed by atoms with E-state index < -0.39 is 0 Å². The normalized spacial score (nSPS) is 15.3. The number of benzene rings is 1. The second kappa shape index (κ2) is 9.24. The van der Waals surface area contributed by atoms with Crippen LogP contribution < -0.4 is 4.73 Å². The Morgan fingerprint density at radius 2 is 1.81 bits per heavy atom. The first-order chi connectivity index (χ1) is 13.0. The van der Waals surface area contributed by atoms with Gasteiger partial charge < -0.3 is 10.1 Å². The van der Waals surface area contributed by atoms with Crippen LogP contribution in [0.5, 0.6) is 0 Å². The number of pyridine rings is 1. The number of amides is 1. The molecule has 0 radical (unpaired) electrons. The molecule has 1 aromatic heterocycles. The molecule has 1 aromatic carbocycles. The standard InChI is InChI=1S/C21H27N3O2S/c1-17(2)19-8-6-18(7-9-19)15-22-11-13-23(14-12-22)20(25)16-27-21-5-3-4-10-24(21)26/h3-10,17H,11-16H2,1-2H3. The van der Waals surface area contributed by atoms with Crippen molar-refractivity contribution in [3.8, 4) is 0 Å². The summed E-state index contributed by atoms with van der Waals surface area (Å²) in [5, 5.41) is 12.2. The first-order valence-corrected chi connectivity index (χ1v) is 10.4. The molecule has 2 aromatic rings. The molecule has 2 heterocycles. The van der Waals surface area contributed by atoms with Gasteiger partial charge in [-0.15, -0.1) is 0 Å². The van der Waals surface area contributed by atoms with Crippen LogP contribution in [0.15, 0.2) is 53.7 Å². The van der Waals surface area contributed by atoms with Crippen LogP contribution in [0, 0.1) is 5.21 Å². The van der Waals surface area contributed by atoms with Crippen molar-refractivity contribution < 1.29 is 9.52 Å². The number of hydrogen-bond donors (Lipinski definition) is 0. The van der Waals surface area contributed by atoms with Gasteiger partial charge in [0.05, 0.1) is 5.75 Å². The van der Waals surface area contributed by atoms with E-state index in [0.717, 1.165) is 37.5 Å². The van der Waals surface area contributed by atoms with Crippen LogP contribution in [0.4, 0.5) is 0 Å². The first-order valence-electron chi connectivity index (χ1n) is 9.43. The summed E-state index contributed by atoms with van der Waals surface area (Å²) in [6, 6.07) is 14.1. The minimum Gasteiger partial charge on any atom is -0.618 e. The van der Waals surface area contributed by atoms with Crippen molar-refractivity contribution in [3.63, 3.8) is 0 Å². The quantitative estimate of drug-likeness (QED) is 0.436. The van der Waals surface area contributed by atoms with E-state index in [2.05, 4.69) is 43.0 Å². The lowest BCUT2D eigenvalue weighted by Crippen LogP contribution is -2.48. The Morgan fingerprint density at radius 1 is 1.11 bits per heavy atom. The van der Waals surface area contributed by atoms with Gasteiger partial charge in [-0.05, 0) is 34.9 Å². The second-order valence-electron chi connectivity index (χ2n) is 7.21. The molecule has 3 rings (SSSR count). The van der Waals surface area contributed by atoms with Gasteiger partial charge in [0.1, 0.15) is 0 Å². The van der Waals surface area contributed by atoms with Gasteiger partial charge in [-0.3, -0.25) is 9.69 Å². The van der Waals surface area contributed by atoms with Crippen LogP contribution in [0.2, 0.25) is 0 Å². The molecule has 1 aliphatic heterocycles. The lowest BCUT2D eigenvalue weighted by Gasteiger charge is -2.34. The third-order valence-electron chi connectivity index (χ3n) is 4.91. The summed E-state index contributed by atoms with van der Waals surface area (Å²) in [5.74, 6) is 0.964. The van der Waals surface area contributed by atoms with Crippen LogP contribution in [0.1, 0.15) is 30.9 Å². The SMILES string of the molecule is CC(C)c1ccc(CN2CCN(C(=O)CSc3cccc[n+]3[O-])CC2)cc1. The highest BCUT2D eigenvalue weighted by Gasteiger charge is 2.22. The first kappa shape index (κ1) is 19.7. The number of nitrogens with zero attached hydrogens (tertiary/aromatic N) is 3. The summed E-state index contributed by atoms with van der Waals surface area (Å²) < 4.78 is 0.806. The summed E-state index contributed by atoms with van der Waals surface area (Å²) in [6.45, 7) is 8.60. The zero-order valence-corrected chi connectivity index (χ0v) is 16.8. The summed E-state index contributed by atoms with van der Waals surface area (Å²) in [4.78, 5) is 16.7. The zero-order valence-electron chi connectivity index (χ0n) is 16.0. The van der Waals surface area contributed by atoms with Gasteiger partial charge in [0.25, 0.3) is 5.03 Å². The summed E-state index contributed by atoms with van der Waals surface area (Å²) in [7, 11) is 0. The van der Waals surface area contributed by atoms with Gasteiger partial charge in [0.15, 0.2) is 6.20 Å². The van der Waals surface area contributed by atoms with Gasteiger partial charge in [0.2, 0.25) is 5.91 Å². The molecule has 1 amide bonds. The fraction of sp³-hybridized carbons (Fsp3) is 0.429. The molecule has 6 heteroatoms. The summed E-state index contributed by atoms with van der Waals surface area (Å²) >= 11 is 1.30. The molecule has 0 aliphatic carbocycles. The molecule has 144 valence electrons. The van der Waals surface area contributed by atoms with E-state index in [1.807, 2.05) is 11.0 Å². The largest absolute Gasteiger partial charge is 0.618 e. The maximum atomic E-state index is 12.4. The van der Waals surface area contributed by atoms with Crippen molar-refractivity contribution in [1.29, 1.82) is 0 Å². The monoisotopic (exact) mass is 385 g/mol. The van der Waals surface area contributed by atoms with E-state index in [-0.39, 0.29) is 5.91 Å². The predicted molar refractivity (Wildman–Crippen MR) is 109 cm³/mol. The molecule has 5 nitrogen and oxygen atoms in total. The molecule has 27 heavy (non-hydrogen) atoms. The van der Waals surface area contributed by atoms with E-state index in [0.29, 0.717) is 16.7 Å². The highest BCUT2D eigenvalue weighted by Crippen LogP contribution is 2.17. The number of piperazine rings is 1. The maximum absolute atomic E-state index is 12.4. The van der Waals surface area contributed by atoms with Gasteiger partial charge in [-0.2, -0.15) is 4.73 Å². The smallest absolute Gasteiger partial charge is 0.251 e. The van der Waals surface area contributed by atoms with Gasteiger partial charge in [-0.25, -0.2) is 0 Å².